The molecule has 0 aromatic heterocycles. The number of carbonyl (C=O) groups is 2. The van der Waals surface area contributed by atoms with Crippen LogP contribution in [0.4, 0.5) is 0 Å². The SMILES string of the molecule is CC[C@@H](C)NC(=O)[C@@H](CC)N(Cc1ccccc1C)C(=O)CSc1ccc(C)cc1. The van der Waals surface area contributed by atoms with Gasteiger partial charge in [0.15, 0.2) is 0 Å². The Labute approximate surface area is 185 Å². The van der Waals surface area contributed by atoms with Crippen molar-refractivity contribution in [2.75, 3.05) is 5.75 Å². The van der Waals surface area contributed by atoms with Crippen molar-refractivity contribution in [1.82, 2.24) is 10.2 Å². The standard InChI is InChI=1S/C25H34N2O2S/c1-6-20(5)26-25(29)23(7-2)27(16-21-11-9-8-10-19(21)4)24(28)17-30-22-14-12-18(3)13-15-22/h8-15,20,23H,6-7,16-17H2,1-5H3,(H,26,29)/t20-,23-/m1/s1. The Morgan fingerprint density at radius 1 is 1.00 bits per heavy atom. The van der Waals surface area contributed by atoms with Crippen molar-refractivity contribution in [3.63, 3.8) is 0 Å². The summed E-state index contributed by atoms with van der Waals surface area (Å²) in [5, 5.41) is 3.06. The molecule has 2 rings (SSSR count). The molecule has 30 heavy (non-hydrogen) atoms. The van der Waals surface area contributed by atoms with Crippen LogP contribution in [0.1, 0.15) is 50.3 Å². The third-order valence-electron chi connectivity index (χ3n) is 5.37. The molecular formula is C25H34N2O2S. The minimum absolute atomic E-state index is 0.0185. The first-order valence-corrected chi connectivity index (χ1v) is 11.7. The van der Waals surface area contributed by atoms with Crippen molar-refractivity contribution in [3.05, 3.63) is 65.2 Å². The molecular weight excluding hydrogens is 392 g/mol. The lowest BCUT2D eigenvalue weighted by atomic mass is 10.1. The van der Waals surface area contributed by atoms with E-state index < -0.39 is 6.04 Å². The lowest BCUT2D eigenvalue weighted by molar-refractivity contribution is -0.139. The molecule has 0 radical (unpaired) electrons. The highest BCUT2D eigenvalue weighted by Crippen LogP contribution is 2.21. The number of amides is 2. The minimum Gasteiger partial charge on any atom is -0.352 e. The summed E-state index contributed by atoms with van der Waals surface area (Å²) in [6.45, 7) is 10.5. The van der Waals surface area contributed by atoms with Crippen molar-refractivity contribution < 1.29 is 9.59 Å². The third-order valence-corrected chi connectivity index (χ3v) is 6.37. The van der Waals surface area contributed by atoms with Crippen LogP contribution in [-0.2, 0) is 16.1 Å². The Balaban J connectivity index is 2.21. The van der Waals surface area contributed by atoms with Gasteiger partial charge in [-0.15, -0.1) is 11.8 Å². The minimum atomic E-state index is -0.482. The fourth-order valence-electron chi connectivity index (χ4n) is 3.19. The molecule has 1 N–H and O–H groups in total. The zero-order chi connectivity index (χ0) is 22.1. The van der Waals surface area contributed by atoms with Gasteiger partial charge in [0.05, 0.1) is 5.75 Å². The van der Waals surface area contributed by atoms with E-state index in [1.165, 1.54) is 17.3 Å². The highest BCUT2D eigenvalue weighted by atomic mass is 32.2. The predicted molar refractivity (Wildman–Crippen MR) is 126 cm³/mol. The lowest BCUT2D eigenvalue weighted by Gasteiger charge is -2.32. The number of benzene rings is 2. The van der Waals surface area contributed by atoms with Crippen LogP contribution in [0, 0.1) is 13.8 Å². The van der Waals surface area contributed by atoms with Crippen LogP contribution in [0.2, 0.25) is 0 Å². The number of carbonyl (C=O) groups excluding carboxylic acids is 2. The molecule has 0 heterocycles. The van der Waals surface area contributed by atoms with Gasteiger partial charge in [0.25, 0.3) is 0 Å². The number of rotatable bonds is 10. The van der Waals surface area contributed by atoms with Crippen LogP contribution in [0.5, 0.6) is 0 Å². The summed E-state index contributed by atoms with van der Waals surface area (Å²) in [6.07, 6.45) is 1.44. The van der Waals surface area contributed by atoms with Gasteiger partial charge in [0.2, 0.25) is 11.8 Å². The van der Waals surface area contributed by atoms with Gasteiger partial charge in [-0.25, -0.2) is 0 Å². The first kappa shape index (κ1) is 24.0. The zero-order valence-electron chi connectivity index (χ0n) is 18.8. The van der Waals surface area contributed by atoms with E-state index in [-0.39, 0.29) is 17.9 Å². The molecule has 0 saturated carbocycles. The predicted octanol–water partition coefficient (Wildman–Crippen LogP) is 5.12. The molecule has 0 bridgehead atoms. The van der Waals surface area contributed by atoms with E-state index >= 15 is 0 Å². The van der Waals surface area contributed by atoms with Crippen LogP contribution in [0.3, 0.4) is 0 Å². The number of hydrogen-bond acceptors (Lipinski definition) is 3. The monoisotopic (exact) mass is 426 g/mol. The Hall–Kier alpha value is -2.27. The van der Waals surface area contributed by atoms with Gasteiger partial charge < -0.3 is 10.2 Å². The fourth-order valence-corrected chi connectivity index (χ4v) is 3.98. The molecule has 0 aliphatic rings. The Bertz CT molecular complexity index is 835. The number of hydrogen-bond donors (Lipinski definition) is 1. The van der Waals surface area contributed by atoms with Crippen molar-refractivity contribution in [3.8, 4) is 0 Å². The molecule has 0 aliphatic carbocycles. The van der Waals surface area contributed by atoms with Gasteiger partial charge in [-0.05, 0) is 56.9 Å². The second-order valence-electron chi connectivity index (χ2n) is 7.79. The molecule has 0 spiro atoms. The maximum Gasteiger partial charge on any atom is 0.243 e. The highest BCUT2D eigenvalue weighted by Gasteiger charge is 2.29. The van der Waals surface area contributed by atoms with Gasteiger partial charge in [-0.3, -0.25) is 9.59 Å². The normalized spacial score (nSPS) is 12.8. The molecule has 162 valence electrons. The maximum absolute atomic E-state index is 13.3. The van der Waals surface area contributed by atoms with E-state index in [0.29, 0.717) is 18.7 Å². The Morgan fingerprint density at radius 3 is 2.27 bits per heavy atom. The first-order chi connectivity index (χ1) is 14.3. The second-order valence-corrected chi connectivity index (χ2v) is 8.84. The second kappa shape index (κ2) is 11.8. The molecule has 4 nitrogen and oxygen atoms in total. The van der Waals surface area contributed by atoms with Crippen LogP contribution in [-0.4, -0.2) is 34.6 Å². The number of nitrogens with zero attached hydrogens (tertiary/aromatic N) is 1. The van der Waals surface area contributed by atoms with Gasteiger partial charge >= 0.3 is 0 Å². The van der Waals surface area contributed by atoms with Crippen LogP contribution in [0.25, 0.3) is 0 Å². The summed E-state index contributed by atoms with van der Waals surface area (Å²) in [4.78, 5) is 29.1. The van der Waals surface area contributed by atoms with E-state index in [2.05, 4.69) is 5.32 Å². The quantitative estimate of drug-likeness (QED) is 0.537. The number of nitrogens with one attached hydrogen (secondary N) is 1. The van der Waals surface area contributed by atoms with Crippen molar-refractivity contribution in [2.24, 2.45) is 0 Å². The van der Waals surface area contributed by atoms with Gasteiger partial charge in [-0.1, -0.05) is 55.8 Å². The van der Waals surface area contributed by atoms with E-state index in [1.54, 1.807) is 4.90 Å². The Kier molecular flexibility index (Phi) is 9.44. The molecule has 0 aliphatic heterocycles. The van der Waals surface area contributed by atoms with Gasteiger partial charge in [-0.2, -0.15) is 0 Å². The molecule has 2 aromatic carbocycles. The molecule has 0 fully saturated rings. The molecule has 2 aromatic rings. The van der Waals surface area contributed by atoms with Crippen molar-refractivity contribution in [1.29, 1.82) is 0 Å². The summed E-state index contributed by atoms with van der Waals surface area (Å²) in [6, 6.07) is 15.8. The van der Waals surface area contributed by atoms with Gasteiger partial charge in [0, 0.05) is 17.5 Å². The molecule has 0 unspecified atom stereocenters. The van der Waals surface area contributed by atoms with Gasteiger partial charge in [0.1, 0.15) is 6.04 Å². The average molecular weight is 427 g/mol. The van der Waals surface area contributed by atoms with E-state index in [4.69, 9.17) is 0 Å². The van der Waals surface area contributed by atoms with Crippen LogP contribution in [0.15, 0.2) is 53.4 Å². The first-order valence-electron chi connectivity index (χ1n) is 10.7. The summed E-state index contributed by atoms with van der Waals surface area (Å²) in [5.74, 6) is 0.214. The average Bonchev–Trinajstić information content (AvgIpc) is 2.74. The highest BCUT2D eigenvalue weighted by molar-refractivity contribution is 8.00. The van der Waals surface area contributed by atoms with Crippen LogP contribution < -0.4 is 5.32 Å². The zero-order valence-corrected chi connectivity index (χ0v) is 19.6. The third kappa shape index (κ3) is 6.91. The topological polar surface area (TPSA) is 49.4 Å². The lowest BCUT2D eigenvalue weighted by Crippen LogP contribution is -2.51. The number of aryl methyl sites for hydroxylation is 2. The summed E-state index contributed by atoms with van der Waals surface area (Å²) >= 11 is 1.52. The Morgan fingerprint density at radius 2 is 1.67 bits per heavy atom. The fraction of sp³-hybridized carbons (Fsp3) is 0.440. The summed E-state index contributed by atoms with van der Waals surface area (Å²) < 4.78 is 0. The van der Waals surface area contributed by atoms with E-state index in [1.807, 2.05) is 83.1 Å². The smallest absolute Gasteiger partial charge is 0.243 e. The maximum atomic E-state index is 13.3. The largest absolute Gasteiger partial charge is 0.352 e. The molecule has 0 saturated heterocycles. The molecule has 5 heteroatoms. The van der Waals surface area contributed by atoms with Crippen LogP contribution >= 0.6 is 11.8 Å². The summed E-state index contributed by atoms with van der Waals surface area (Å²) in [5.41, 5.74) is 3.39. The summed E-state index contributed by atoms with van der Waals surface area (Å²) in [7, 11) is 0. The molecule has 2 atom stereocenters. The van der Waals surface area contributed by atoms with E-state index in [0.717, 1.165) is 22.4 Å². The molecule has 2 amide bonds. The van der Waals surface area contributed by atoms with Crippen molar-refractivity contribution >= 4 is 23.6 Å². The van der Waals surface area contributed by atoms with Crippen molar-refractivity contribution in [2.45, 2.75) is 71.0 Å². The van der Waals surface area contributed by atoms with E-state index in [9.17, 15) is 9.59 Å². The number of thioether (sulfide) groups is 1.